The smallest absolute Gasteiger partial charge is 0.259 e. The average Bonchev–Trinajstić information content (AvgIpc) is 3.57. The molecule has 2 N–H and O–H groups in total. The number of hydrogen-bond acceptors (Lipinski definition) is 5. The molecule has 5 rings (SSSR count). The molecular formula is C24H25Cl2N5O2. The number of aromatic nitrogens is 3. The lowest BCUT2D eigenvalue weighted by atomic mass is 10.1. The fraction of sp³-hybridized carbons (Fsp3) is 0.375. The number of nitrogens with one attached hydrogen (secondary N) is 1. The van der Waals surface area contributed by atoms with Gasteiger partial charge in [-0.3, -0.25) is 4.79 Å². The van der Waals surface area contributed by atoms with Gasteiger partial charge >= 0.3 is 0 Å². The molecule has 1 saturated carbocycles. The fourth-order valence-corrected chi connectivity index (χ4v) is 4.79. The van der Waals surface area contributed by atoms with Gasteiger partial charge in [-0.05, 0) is 68.4 Å². The predicted molar refractivity (Wildman–Crippen MR) is 130 cm³/mol. The third kappa shape index (κ3) is 4.58. The van der Waals surface area contributed by atoms with E-state index in [4.69, 9.17) is 28.2 Å². The molecule has 7 nitrogen and oxygen atoms in total. The predicted octanol–water partition coefficient (Wildman–Crippen LogP) is 4.97. The van der Waals surface area contributed by atoms with Crippen molar-refractivity contribution >= 4 is 40.6 Å². The van der Waals surface area contributed by atoms with Crippen LogP contribution in [0.3, 0.4) is 0 Å². The molecule has 172 valence electrons. The van der Waals surface area contributed by atoms with Crippen LogP contribution in [-0.4, -0.2) is 45.0 Å². The highest BCUT2D eigenvalue weighted by Gasteiger charge is 2.30. The second-order valence-corrected chi connectivity index (χ2v) is 9.58. The molecule has 3 heterocycles. The molecule has 0 unspecified atom stereocenters. The number of piperidine rings is 1. The third-order valence-corrected chi connectivity index (χ3v) is 6.86. The third-order valence-electron chi connectivity index (χ3n) is 6.33. The molecule has 0 atom stereocenters. The van der Waals surface area contributed by atoms with E-state index in [-0.39, 0.29) is 12.0 Å². The monoisotopic (exact) mass is 485 g/mol. The number of aliphatic hydroxyl groups is 1. The van der Waals surface area contributed by atoms with Crippen LogP contribution >= 0.6 is 23.2 Å². The van der Waals surface area contributed by atoms with Crippen LogP contribution in [-0.2, 0) is 0 Å². The van der Waals surface area contributed by atoms with Crippen molar-refractivity contribution in [2.24, 2.45) is 0 Å². The van der Waals surface area contributed by atoms with E-state index in [9.17, 15) is 9.90 Å². The van der Waals surface area contributed by atoms with Gasteiger partial charge in [0, 0.05) is 18.1 Å². The number of anilines is 2. The van der Waals surface area contributed by atoms with E-state index in [0.717, 1.165) is 44.6 Å². The summed E-state index contributed by atoms with van der Waals surface area (Å²) in [6.45, 7) is 3.42. The van der Waals surface area contributed by atoms with E-state index < -0.39 is 0 Å². The van der Waals surface area contributed by atoms with E-state index in [2.05, 4.69) is 15.3 Å². The summed E-state index contributed by atoms with van der Waals surface area (Å²) >= 11 is 12.3. The number of hydrogen-bond donors (Lipinski definition) is 2. The number of carbonyl (C=O) groups excluding carboxylic acids is 1. The average molecular weight is 486 g/mol. The highest BCUT2D eigenvalue weighted by Crippen LogP contribution is 2.45. The van der Waals surface area contributed by atoms with Crippen molar-refractivity contribution in [2.75, 3.05) is 23.3 Å². The number of carbonyl (C=O) groups is 1. The minimum atomic E-state index is -0.249. The Hall–Kier alpha value is -2.61. The van der Waals surface area contributed by atoms with Crippen LogP contribution in [0.25, 0.3) is 5.69 Å². The molecule has 1 aliphatic heterocycles. The van der Waals surface area contributed by atoms with Crippen LogP contribution in [0.5, 0.6) is 0 Å². The molecule has 9 heteroatoms. The van der Waals surface area contributed by atoms with Gasteiger partial charge in [0.05, 0.1) is 46.2 Å². The first kappa shape index (κ1) is 22.2. The molecule has 2 fully saturated rings. The van der Waals surface area contributed by atoms with Gasteiger partial charge in [0.1, 0.15) is 5.82 Å². The van der Waals surface area contributed by atoms with Crippen molar-refractivity contribution in [2.45, 2.75) is 44.6 Å². The molecule has 0 spiro atoms. The van der Waals surface area contributed by atoms with Gasteiger partial charge in [0.25, 0.3) is 5.91 Å². The summed E-state index contributed by atoms with van der Waals surface area (Å²) in [6.07, 6.45) is 6.80. The number of aliphatic hydroxyl groups excluding tert-OH is 1. The summed E-state index contributed by atoms with van der Waals surface area (Å²) in [7, 11) is 0. The molecule has 2 aliphatic rings. The Morgan fingerprint density at radius 1 is 1.12 bits per heavy atom. The standard InChI is InChI=1S/C24H25Cl2N5O2/c1-14-20(13-28-31(14)22-5-4-16(25)10-21(22)26)24(33)29-17-11-19(15-2-3-15)23(27-12-17)30-8-6-18(32)7-9-30/h4-5,10-13,15,18,32H,2-3,6-9H2,1H3,(H,29,33). The summed E-state index contributed by atoms with van der Waals surface area (Å²) in [4.78, 5) is 20.0. The summed E-state index contributed by atoms with van der Waals surface area (Å²) < 4.78 is 1.63. The lowest BCUT2D eigenvalue weighted by Gasteiger charge is -2.32. The summed E-state index contributed by atoms with van der Waals surface area (Å²) in [6, 6.07) is 7.20. The lowest BCUT2D eigenvalue weighted by molar-refractivity contribution is 0.102. The van der Waals surface area contributed by atoms with Crippen molar-refractivity contribution in [3.05, 3.63) is 63.5 Å². The van der Waals surface area contributed by atoms with Gasteiger partial charge in [-0.15, -0.1) is 0 Å². The van der Waals surface area contributed by atoms with Crippen molar-refractivity contribution in [3.63, 3.8) is 0 Å². The van der Waals surface area contributed by atoms with E-state index in [1.807, 2.05) is 13.0 Å². The summed E-state index contributed by atoms with van der Waals surface area (Å²) in [5, 5.41) is 18.2. The van der Waals surface area contributed by atoms with Gasteiger partial charge in [0.15, 0.2) is 0 Å². The van der Waals surface area contributed by atoms with Crippen LogP contribution in [0.15, 0.2) is 36.7 Å². The topological polar surface area (TPSA) is 83.3 Å². The normalized spacial score (nSPS) is 16.8. The maximum Gasteiger partial charge on any atom is 0.259 e. The number of nitrogens with zero attached hydrogens (tertiary/aromatic N) is 4. The molecule has 2 aromatic heterocycles. The SMILES string of the molecule is Cc1c(C(=O)Nc2cnc(N3CCC(O)CC3)c(C3CC3)c2)cnn1-c1ccc(Cl)cc1Cl. The van der Waals surface area contributed by atoms with Crippen LogP contribution in [0.4, 0.5) is 11.5 Å². The van der Waals surface area contributed by atoms with Crippen molar-refractivity contribution in [1.29, 1.82) is 0 Å². The Morgan fingerprint density at radius 2 is 1.88 bits per heavy atom. The van der Waals surface area contributed by atoms with Crippen LogP contribution in [0.2, 0.25) is 10.0 Å². The fourth-order valence-electron chi connectivity index (χ4n) is 4.31. The molecule has 1 aliphatic carbocycles. The summed E-state index contributed by atoms with van der Waals surface area (Å²) in [5.74, 6) is 1.21. The number of rotatable bonds is 5. The Bertz CT molecular complexity index is 1200. The minimum absolute atomic E-state index is 0.226. The van der Waals surface area contributed by atoms with Crippen LogP contribution in [0.1, 0.15) is 53.2 Å². The molecule has 1 aromatic carbocycles. The maximum absolute atomic E-state index is 13.1. The van der Waals surface area contributed by atoms with Gasteiger partial charge in [-0.2, -0.15) is 5.10 Å². The number of pyridine rings is 1. The zero-order chi connectivity index (χ0) is 23.1. The molecule has 33 heavy (non-hydrogen) atoms. The van der Waals surface area contributed by atoms with Crippen LogP contribution in [0, 0.1) is 6.92 Å². The van der Waals surface area contributed by atoms with E-state index in [0.29, 0.717) is 38.6 Å². The molecular weight excluding hydrogens is 461 g/mol. The molecule has 0 radical (unpaired) electrons. The Kier molecular flexibility index (Phi) is 6.03. The molecule has 1 amide bonds. The molecule has 0 bridgehead atoms. The first-order valence-corrected chi connectivity index (χ1v) is 11.9. The minimum Gasteiger partial charge on any atom is -0.393 e. The Balaban J connectivity index is 1.37. The number of halogens is 2. The van der Waals surface area contributed by atoms with Gasteiger partial charge in [0.2, 0.25) is 0 Å². The van der Waals surface area contributed by atoms with Gasteiger partial charge < -0.3 is 15.3 Å². The Labute approximate surface area is 202 Å². The zero-order valence-corrected chi connectivity index (χ0v) is 19.8. The first-order valence-electron chi connectivity index (χ1n) is 11.1. The highest BCUT2D eigenvalue weighted by atomic mass is 35.5. The summed E-state index contributed by atoms with van der Waals surface area (Å²) in [5.41, 5.74) is 3.63. The quantitative estimate of drug-likeness (QED) is 0.532. The van der Waals surface area contributed by atoms with Crippen molar-refractivity contribution in [1.82, 2.24) is 14.8 Å². The molecule has 3 aromatic rings. The van der Waals surface area contributed by atoms with Crippen molar-refractivity contribution in [3.8, 4) is 5.69 Å². The van der Waals surface area contributed by atoms with E-state index in [1.165, 1.54) is 11.8 Å². The van der Waals surface area contributed by atoms with Crippen LogP contribution < -0.4 is 10.2 Å². The molecule has 1 saturated heterocycles. The number of benzene rings is 1. The second-order valence-electron chi connectivity index (χ2n) is 8.73. The van der Waals surface area contributed by atoms with Gasteiger partial charge in [-0.1, -0.05) is 23.2 Å². The van der Waals surface area contributed by atoms with Crippen molar-refractivity contribution < 1.29 is 9.90 Å². The zero-order valence-electron chi connectivity index (χ0n) is 18.3. The largest absolute Gasteiger partial charge is 0.393 e. The lowest BCUT2D eigenvalue weighted by Crippen LogP contribution is -2.36. The van der Waals surface area contributed by atoms with E-state index in [1.54, 1.807) is 29.1 Å². The Morgan fingerprint density at radius 3 is 2.58 bits per heavy atom. The van der Waals surface area contributed by atoms with Gasteiger partial charge in [-0.25, -0.2) is 9.67 Å². The maximum atomic E-state index is 13.1. The van der Waals surface area contributed by atoms with E-state index >= 15 is 0 Å². The number of amides is 1. The first-order chi connectivity index (χ1) is 15.9. The highest BCUT2D eigenvalue weighted by molar-refractivity contribution is 6.35. The second kappa shape index (κ2) is 8.97.